The van der Waals surface area contributed by atoms with E-state index in [9.17, 15) is 0 Å². The maximum atomic E-state index is 5.35. The number of nitrogens with zero attached hydrogens (tertiary/aromatic N) is 2. The van der Waals surface area contributed by atoms with Gasteiger partial charge in [-0.15, -0.1) is 18.8 Å². The Hall–Kier alpha value is -0.980. The molecule has 0 saturated heterocycles. The summed E-state index contributed by atoms with van der Waals surface area (Å²) in [5.74, 6) is 2.48. The molecule has 1 aromatic rings. The number of hydrogen-bond donors (Lipinski definition) is 1. The molecule has 60 valence electrons. The third-order valence-corrected chi connectivity index (χ3v) is 1.18. The molecule has 0 radical (unpaired) electrons. The molecule has 0 unspecified atom stereocenters. The van der Waals surface area contributed by atoms with Gasteiger partial charge in [-0.1, -0.05) is 5.92 Å². The molecule has 0 saturated carbocycles. The second kappa shape index (κ2) is 4.78. The highest BCUT2D eigenvalue weighted by Crippen LogP contribution is 1.93. The monoisotopic (exact) mass is 171 g/mol. The summed E-state index contributed by atoms with van der Waals surface area (Å²) in [6, 6.07) is 0. The zero-order valence-electron chi connectivity index (χ0n) is 6.03. The second-order valence-electron chi connectivity index (χ2n) is 1.95. The van der Waals surface area contributed by atoms with Gasteiger partial charge < -0.3 is 5.73 Å². The first-order valence-electron chi connectivity index (χ1n) is 3.01. The van der Waals surface area contributed by atoms with Gasteiger partial charge in [-0.3, -0.25) is 4.68 Å². The molecule has 1 heterocycles. The molecule has 1 rings (SSSR count). The van der Waals surface area contributed by atoms with E-state index in [4.69, 9.17) is 12.2 Å². The van der Waals surface area contributed by atoms with Crippen LogP contribution in [0.1, 0.15) is 5.56 Å². The Morgan fingerprint density at radius 2 is 2.45 bits per heavy atom. The molecule has 0 bridgehead atoms. The lowest BCUT2D eigenvalue weighted by atomic mass is 10.4. The molecule has 0 aliphatic heterocycles. The van der Waals surface area contributed by atoms with E-state index < -0.39 is 0 Å². The lowest BCUT2D eigenvalue weighted by Crippen LogP contribution is -1.96. The number of rotatable bonds is 2. The third kappa shape index (κ3) is 2.62. The van der Waals surface area contributed by atoms with E-state index in [0.717, 1.165) is 5.56 Å². The van der Waals surface area contributed by atoms with Crippen molar-refractivity contribution >= 4 is 12.4 Å². The molecule has 0 aromatic carbocycles. The van der Waals surface area contributed by atoms with E-state index in [1.54, 1.807) is 10.9 Å². The van der Waals surface area contributed by atoms with Gasteiger partial charge in [0.25, 0.3) is 0 Å². The van der Waals surface area contributed by atoms with E-state index in [1.165, 1.54) is 0 Å². The molecule has 1 aromatic heterocycles. The molecule has 4 heteroatoms. The van der Waals surface area contributed by atoms with Crippen molar-refractivity contribution < 1.29 is 0 Å². The second-order valence-corrected chi connectivity index (χ2v) is 1.95. The van der Waals surface area contributed by atoms with Crippen molar-refractivity contribution in [2.45, 2.75) is 13.1 Å². The van der Waals surface area contributed by atoms with Crippen LogP contribution >= 0.6 is 12.4 Å². The van der Waals surface area contributed by atoms with Crippen LogP contribution in [-0.4, -0.2) is 9.78 Å². The summed E-state index contributed by atoms with van der Waals surface area (Å²) in [5, 5.41) is 3.97. The van der Waals surface area contributed by atoms with Crippen molar-refractivity contribution in [2.75, 3.05) is 0 Å². The predicted octanol–water partition coefficient (Wildman–Crippen LogP) is 0.397. The lowest BCUT2D eigenvalue weighted by Gasteiger charge is -1.89. The molecule has 0 spiro atoms. The number of hydrogen-bond acceptors (Lipinski definition) is 2. The fraction of sp³-hybridized carbons (Fsp3) is 0.286. The number of terminal acetylenes is 1. The highest BCUT2D eigenvalue weighted by Gasteiger charge is 1.92. The minimum absolute atomic E-state index is 0. The summed E-state index contributed by atoms with van der Waals surface area (Å²) >= 11 is 0. The summed E-state index contributed by atoms with van der Waals surface area (Å²) in [4.78, 5) is 0. The Labute approximate surface area is 72.0 Å². The minimum atomic E-state index is 0. The van der Waals surface area contributed by atoms with Crippen LogP contribution in [0.15, 0.2) is 12.4 Å². The third-order valence-electron chi connectivity index (χ3n) is 1.18. The Bertz CT molecular complexity index is 248. The molecule has 2 N–H and O–H groups in total. The van der Waals surface area contributed by atoms with Crippen LogP contribution in [0.3, 0.4) is 0 Å². The Morgan fingerprint density at radius 1 is 1.73 bits per heavy atom. The zero-order valence-corrected chi connectivity index (χ0v) is 6.84. The maximum absolute atomic E-state index is 5.35. The summed E-state index contributed by atoms with van der Waals surface area (Å²) in [7, 11) is 0. The van der Waals surface area contributed by atoms with Crippen LogP contribution in [0.4, 0.5) is 0 Å². The molecule has 11 heavy (non-hydrogen) atoms. The average molecular weight is 172 g/mol. The van der Waals surface area contributed by atoms with Gasteiger partial charge in [0.15, 0.2) is 0 Å². The summed E-state index contributed by atoms with van der Waals surface area (Å²) < 4.78 is 1.68. The van der Waals surface area contributed by atoms with E-state index in [1.807, 2.05) is 6.20 Å². The summed E-state index contributed by atoms with van der Waals surface area (Å²) in [6.45, 7) is 1.03. The van der Waals surface area contributed by atoms with Crippen LogP contribution < -0.4 is 5.73 Å². The van der Waals surface area contributed by atoms with Gasteiger partial charge in [0.1, 0.15) is 6.54 Å². The topological polar surface area (TPSA) is 43.8 Å². The summed E-state index contributed by atoms with van der Waals surface area (Å²) in [5.41, 5.74) is 6.36. The van der Waals surface area contributed by atoms with E-state index >= 15 is 0 Å². The smallest absolute Gasteiger partial charge is 0.101 e. The first kappa shape index (κ1) is 10.0. The van der Waals surface area contributed by atoms with Gasteiger partial charge in [-0.05, 0) is 0 Å². The maximum Gasteiger partial charge on any atom is 0.101 e. The van der Waals surface area contributed by atoms with Gasteiger partial charge in [0.2, 0.25) is 0 Å². The quantitative estimate of drug-likeness (QED) is 0.655. The lowest BCUT2D eigenvalue weighted by molar-refractivity contribution is 0.715. The van der Waals surface area contributed by atoms with Crippen molar-refractivity contribution in [2.24, 2.45) is 5.73 Å². The van der Waals surface area contributed by atoms with Crippen molar-refractivity contribution in [1.82, 2.24) is 9.78 Å². The molecule has 0 aliphatic rings. The average Bonchev–Trinajstić information content (AvgIpc) is 2.37. The van der Waals surface area contributed by atoms with Crippen LogP contribution in [-0.2, 0) is 13.1 Å². The van der Waals surface area contributed by atoms with Crippen LogP contribution in [0.2, 0.25) is 0 Å². The Kier molecular flexibility index (Phi) is 4.35. The first-order chi connectivity index (χ1) is 4.86. The highest BCUT2D eigenvalue weighted by molar-refractivity contribution is 5.85. The van der Waals surface area contributed by atoms with E-state index in [-0.39, 0.29) is 12.4 Å². The molecule has 0 atom stereocenters. The van der Waals surface area contributed by atoms with Crippen molar-refractivity contribution in [1.29, 1.82) is 0 Å². The van der Waals surface area contributed by atoms with E-state index in [2.05, 4.69) is 11.0 Å². The fourth-order valence-electron chi connectivity index (χ4n) is 0.692. The minimum Gasteiger partial charge on any atom is -0.326 e. The van der Waals surface area contributed by atoms with Gasteiger partial charge in [0.05, 0.1) is 6.20 Å². The van der Waals surface area contributed by atoms with Crippen molar-refractivity contribution in [3.63, 3.8) is 0 Å². The fourth-order valence-corrected chi connectivity index (χ4v) is 0.692. The Morgan fingerprint density at radius 3 is 2.91 bits per heavy atom. The molecule has 0 amide bonds. The van der Waals surface area contributed by atoms with E-state index in [0.29, 0.717) is 13.1 Å². The molecule has 0 fully saturated rings. The van der Waals surface area contributed by atoms with Crippen LogP contribution in [0, 0.1) is 12.3 Å². The van der Waals surface area contributed by atoms with Crippen LogP contribution in [0.25, 0.3) is 0 Å². The molecular formula is C7H10ClN3. The van der Waals surface area contributed by atoms with Crippen molar-refractivity contribution in [3.05, 3.63) is 18.0 Å². The highest BCUT2D eigenvalue weighted by atomic mass is 35.5. The number of aromatic nitrogens is 2. The molecule has 0 aliphatic carbocycles. The molecule has 3 nitrogen and oxygen atoms in total. The predicted molar refractivity (Wildman–Crippen MR) is 46.2 cm³/mol. The van der Waals surface area contributed by atoms with Gasteiger partial charge >= 0.3 is 0 Å². The number of halogens is 1. The van der Waals surface area contributed by atoms with Crippen LogP contribution in [0.5, 0.6) is 0 Å². The zero-order chi connectivity index (χ0) is 7.40. The number of nitrogens with two attached hydrogens (primary N) is 1. The van der Waals surface area contributed by atoms with Crippen molar-refractivity contribution in [3.8, 4) is 12.3 Å². The van der Waals surface area contributed by atoms with Gasteiger partial charge in [-0.2, -0.15) is 5.10 Å². The SMILES string of the molecule is C#CCn1cc(CN)cn1.Cl. The first-order valence-corrected chi connectivity index (χ1v) is 3.01. The normalized spacial score (nSPS) is 8.36. The van der Waals surface area contributed by atoms with Gasteiger partial charge in [0, 0.05) is 18.3 Å². The molecular weight excluding hydrogens is 162 g/mol. The summed E-state index contributed by atoms with van der Waals surface area (Å²) in [6.07, 6.45) is 8.64. The standard InChI is InChI=1S/C7H9N3.ClH/c1-2-3-10-6-7(4-8)5-9-10;/h1,5-6H,3-4,8H2;1H. The Balaban J connectivity index is 0.000001000. The largest absolute Gasteiger partial charge is 0.326 e. The van der Waals surface area contributed by atoms with Gasteiger partial charge in [-0.25, -0.2) is 0 Å².